The summed E-state index contributed by atoms with van der Waals surface area (Å²) in [4.78, 5) is 42.4. The lowest BCUT2D eigenvalue weighted by Gasteiger charge is -2.35. The van der Waals surface area contributed by atoms with Gasteiger partial charge in [0.25, 0.3) is 5.56 Å². The molecule has 1 saturated heterocycles. The molecule has 1 fully saturated rings. The van der Waals surface area contributed by atoms with Gasteiger partial charge < -0.3 is 10.6 Å². The monoisotopic (exact) mass is 451 g/mol. The topological polar surface area (TPSA) is 93.6 Å². The highest BCUT2D eigenvalue weighted by atomic mass is 19.1. The first kappa shape index (κ1) is 22.5. The Kier molecular flexibility index (Phi) is 6.41. The maximum atomic E-state index is 14.1. The molecule has 3 aromatic rings. The van der Waals surface area contributed by atoms with Crippen molar-refractivity contribution >= 4 is 17.3 Å². The number of carbonyl (C=O) groups is 1. The number of benzene rings is 2. The van der Waals surface area contributed by atoms with Gasteiger partial charge in [-0.3, -0.25) is 23.6 Å². The van der Waals surface area contributed by atoms with Gasteiger partial charge in [0, 0.05) is 33.2 Å². The van der Waals surface area contributed by atoms with E-state index in [1.807, 2.05) is 40.1 Å². The molecule has 8 nitrogen and oxygen atoms in total. The van der Waals surface area contributed by atoms with Gasteiger partial charge in [0.05, 0.1) is 18.8 Å². The molecule has 1 aliphatic rings. The predicted octanol–water partition coefficient (Wildman–Crippen LogP) is 1.32. The van der Waals surface area contributed by atoms with Crippen LogP contribution >= 0.6 is 0 Å². The number of nitrogens with two attached hydrogens (primary N) is 1. The maximum Gasteiger partial charge on any atom is 0.332 e. The average Bonchev–Trinajstić information content (AvgIpc) is 2.82. The van der Waals surface area contributed by atoms with Crippen LogP contribution in [-0.2, 0) is 13.6 Å². The fourth-order valence-corrected chi connectivity index (χ4v) is 4.10. The molecule has 2 heterocycles. The molecule has 172 valence electrons. The number of hydrogen-bond donors (Lipinski definition) is 1. The lowest BCUT2D eigenvalue weighted by Crippen LogP contribution is -2.49. The number of piperazine rings is 1. The number of para-hydroxylation sites is 1. The molecular formula is C24H26FN5O3. The van der Waals surface area contributed by atoms with Crippen molar-refractivity contribution < 1.29 is 9.18 Å². The van der Waals surface area contributed by atoms with Gasteiger partial charge in [-0.25, -0.2) is 9.18 Å². The van der Waals surface area contributed by atoms with Crippen molar-refractivity contribution in [1.29, 1.82) is 0 Å². The fourth-order valence-electron chi connectivity index (χ4n) is 4.10. The van der Waals surface area contributed by atoms with Crippen LogP contribution in [0, 0.1) is 5.82 Å². The van der Waals surface area contributed by atoms with Crippen LogP contribution in [0.25, 0.3) is 0 Å². The summed E-state index contributed by atoms with van der Waals surface area (Å²) >= 11 is 0. The molecular weight excluding hydrogens is 425 g/mol. The molecule has 2 aromatic carbocycles. The van der Waals surface area contributed by atoms with Crippen molar-refractivity contribution in [2.24, 2.45) is 7.05 Å². The standard InChI is InChI=1S/C24H26FN5O3/c1-27-23(32)21(22(26)30(24(27)33)15-17-7-3-2-4-8-17)20(31)16-28-11-13-29(14-12-28)19-10-6-5-9-18(19)25/h2-10H,11-16,26H2,1H3. The molecule has 0 amide bonds. The largest absolute Gasteiger partial charge is 0.384 e. The number of rotatable bonds is 6. The van der Waals surface area contributed by atoms with Gasteiger partial charge in [0.15, 0.2) is 5.78 Å². The summed E-state index contributed by atoms with van der Waals surface area (Å²) in [5.41, 5.74) is 6.10. The molecule has 33 heavy (non-hydrogen) atoms. The highest BCUT2D eigenvalue weighted by Crippen LogP contribution is 2.20. The third-order valence-electron chi connectivity index (χ3n) is 5.98. The molecule has 0 bridgehead atoms. The van der Waals surface area contributed by atoms with Gasteiger partial charge in [0.2, 0.25) is 0 Å². The Morgan fingerprint density at radius 3 is 2.27 bits per heavy atom. The quantitative estimate of drug-likeness (QED) is 0.569. The van der Waals surface area contributed by atoms with Gasteiger partial charge in [-0.05, 0) is 17.7 Å². The third-order valence-corrected chi connectivity index (χ3v) is 5.98. The van der Waals surface area contributed by atoms with E-state index in [1.165, 1.54) is 17.7 Å². The van der Waals surface area contributed by atoms with Crippen LogP contribution in [0.2, 0.25) is 0 Å². The van der Waals surface area contributed by atoms with Crippen molar-refractivity contribution in [2.75, 3.05) is 43.4 Å². The van der Waals surface area contributed by atoms with E-state index < -0.39 is 17.0 Å². The Bertz CT molecular complexity index is 1280. The second-order valence-corrected chi connectivity index (χ2v) is 8.12. The highest BCUT2D eigenvalue weighted by Gasteiger charge is 2.26. The van der Waals surface area contributed by atoms with Crippen LogP contribution in [-0.4, -0.2) is 52.5 Å². The maximum absolute atomic E-state index is 14.1. The minimum absolute atomic E-state index is 0.00586. The zero-order chi connectivity index (χ0) is 23.5. The molecule has 0 unspecified atom stereocenters. The van der Waals surface area contributed by atoms with Gasteiger partial charge in [0.1, 0.15) is 17.2 Å². The molecule has 4 rings (SSSR count). The lowest BCUT2D eigenvalue weighted by molar-refractivity contribution is 0.0924. The van der Waals surface area contributed by atoms with E-state index in [0.717, 1.165) is 10.1 Å². The summed E-state index contributed by atoms with van der Waals surface area (Å²) < 4.78 is 16.2. The van der Waals surface area contributed by atoms with E-state index in [0.29, 0.717) is 31.9 Å². The van der Waals surface area contributed by atoms with Crippen molar-refractivity contribution in [3.63, 3.8) is 0 Å². The van der Waals surface area contributed by atoms with Crippen molar-refractivity contribution in [2.45, 2.75) is 6.54 Å². The first-order valence-electron chi connectivity index (χ1n) is 10.7. The van der Waals surface area contributed by atoms with Crippen LogP contribution in [0.3, 0.4) is 0 Å². The normalized spacial score (nSPS) is 14.4. The Morgan fingerprint density at radius 2 is 1.61 bits per heavy atom. The number of nitrogens with zero attached hydrogens (tertiary/aromatic N) is 4. The van der Waals surface area contributed by atoms with E-state index in [9.17, 15) is 18.8 Å². The van der Waals surface area contributed by atoms with Crippen LogP contribution in [0.5, 0.6) is 0 Å². The highest BCUT2D eigenvalue weighted by molar-refractivity contribution is 6.01. The summed E-state index contributed by atoms with van der Waals surface area (Å²) in [7, 11) is 1.34. The minimum Gasteiger partial charge on any atom is -0.384 e. The fraction of sp³-hybridized carbons (Fsp3) is 0.292. The number of carbonyl (C=O) groups excluding carboxylic acids is 1. The molecule has 1 aromatic heterocycles. The van der Waals surface area contributed by atoms with Gasteiger partial charge >= 0.3 is 5.69 Å². The Hall–Kier alpha value is -3.72. The smallest absolute Gasteiger partial charge is 0.332 e. The summed E-state index contributed by atoms with van der Waals surface area (Å²) in [6, 6.07) is 15.8. The van der Waals surface area contributed by atoms with Crippen LogP contribution in [0.15, 0.2) is 64.2 Å². The van der Waals surface area contributed by atoms with Crippen LogP contribution in [0.1, 0.15) is 15.9 Å². The summed E-state index contributed by atoms with van der Waals surface area (Å²) in [6.45, 7) is 2.31. The molecule has 0 radical (unpaired) electrons. The van der Waals surface area contributed by atoms with E-state index in [4.69, 9.17) is 5.73 Å². The lowest BCUT2D eigenvalue weighted by atomic mass is 10.1. The second kappa shape index (κ2) is 9.41. The number of anilines is 2. The number of halogens is 1. The average molecular weight is 452 g/mol. The van der Waals surface area contributed by atoms with Crippen molar-refractivity contribution in [1.82, 2.24) is 14.0 Å². The first-order chi connectivity index (χ1) is 15.9. The van der Waals surface area contributed by atoms with Crippen molar-refractivity contribution in [3.05, 3.63) is 92.4 Å². The van der Waals surface area contributed by atoms with Crippen LogP contribution in [0.4, 0.5) is 15.9 Å². The summed E-state index contributed by atoms with van der Waals surface area (Å²) in [5, 5.41) is 0. The minimum atomic E-state index is -0.697. The molecule has 0 spiro atoms. The van der Waals surface area contributed by atoms with E-state index in [1.54, 1.807) is 18.2 Å². The molecule has 0 aliphatic carbocycles. The summed E-state index contributed by atoms with van der Waals surface area (Å²) in [5.74, 6) is -0.838. The van der Waals surface area contributed by atoms with Crippen molar-refractivity contribution in [3.8, 4) is 0 Å². The number of Topliss-reactive ketones (excluding diaryl/α,β-unsaturated/α-hetero) is 1. The molecule has 2 N–H and O–H groups in total. The first-order valence-corrected chi connectivity index (χ1v) is 10.7. The van der Waals surface area contributed by atoms with Gasteiger partial charge in [-0.15, -0.1) is 0 Å². The second-order valence-electron chi connectivity index (χ2n) is 8.12. The Balaban J connectivity index is 1.52. The third kappa shape index (κ3) is 4.58. The van der Waals surface area contributed by atoms with E-state index >= 15 is 0 Å². The SMILES string of the molecule is Cn1c(=O)c(C(=O)CN2CCN(c3ccccc3F)CC2)c(N)n(Cc2ccccc2)c1=O. The van der Waals surface area contributed by atoms with E-state index in [2.05, 4.69) is 0 Å². The zero-order valence-corrected chi connectivity index (χ0v) is 18.4. The van der Waals surface area contributed by atoms with Gasteiger partial charge in [-0.1, -0.05) is 42.5 Å². The molecule has 9 heteroatoms. The van der Waals surface area contributed by atoms with E-state index in [-0.39, 0.29) is 30.3 Å². The number of aromatic nitrogens is 2. The number of nitrogen functional groups attached to an aromatic ring is 1. The van der Waals surface area contributed by atoms with Gasteiger partial charge in [-0.2, -0.15) is 0 Å². The predicted molar refractivity (Wildman–Crippen MR) is 125 cm³/mol. The van der Waals surface area contributed by atoms with Crippen LogP contribution < -0.4 is 21.9 Å². The Labute approximate surface area is 190 Å². The number of ketones is 1. The zero-order valence-electron chi connectivity index (χ0n) is 18.4. The Morgan fingerprint density at radius 1 is 0.970 bits per heavy atom. The summed E-state index contributed by atoms with van der Waals surface area (Å²) in [6.07, 6.45) is 0. The molecule has 0 atom stereocenters. The molecule has 1 aliphatic heterocycles. The molecule has 0 saturated carbocycles. The number of hydrogen-bond acceptors (Lipinski definition) is 6.